The predicted molar refractivity (Wildman–Crippen MR) is 123 cm³/mol. The molecule has 0 bridgehead atoms. The molecule has 1 aliphatic rings. The first kappa shape index (κ1) is 19.8. The molecule has 1 nitrogen and oxygen atoms in total. The van der Waals surface area contributed by atoms with Crippen LogP contribution in [0.3, 0.4) is 0 Å². The Morgan fingerprint density at radius 2 is 1.54 bits per heavy atom. The van der Waals surface area contributed by atoms with E-state index in [2.05, 4.69) is 49.0 Å². The number of hydrogen-bond acceptors (Lipinski definition) is 0. The Labute approximate surface area is 166 Å². The first-order valence-corrected chi connectivity index (χ1v) is 9.16. The standard InChI is InChI=1S/C15H16B10N/c1-11-15(21(11)25(23(18)19)24(20)22(16)17)14-9-8-13(10-26(14)2)12-6-4-3-5-7-12/h3-11,15H,1-2H3/q+1/t11-,15?/m0/s1. The normalized spacial score (nSPS) is 18.3. The van der Waals surface area contributed by atoms with E-state index in [9.17, 15) is 0 Å². The minimum atomic E-state index is -0.628. The molecule has 1 fully saturated rings. The second kappa shape index (κ2) is 7.95. The molecular weight excluding hydrogens is 302 g/mol. The lowest BCUT2D eigenvalue weighted by molar-refractivity contribution is -0.678. The van der Waals surface area contributed by atoms with Gasteiger partial charge in [0.15, 0.2) is 11.9 Å². The van der Waals surface area contributed by atoms with Crippen LogP contribution in [0.2, 0.25) is 5.82 Å². The zero-order chi connectivity index (χ0) is 19.0. The highest BCUT2D eigenvalue weighted by atomic mass is 14.9. The maximum absolute atomic E-state index is 6.23. The monoisotopic (exact) mass is 320 g/mol. The first-order chi connectivity index (χ1) is 12.3. The fraction of sp³-hybridized carbons (Fsp3) is 0.267. The van der Waals surface area contributed by atoms with Crippen LogP contribution in [-0.4, -0.2) is 70.8 Å². The van der Waals surface area contributed by atoms with Gasteiger partial charge < -0.3 is 0 Å². The highest BCUT2D eigenvalue weighted by Crippen LogP contribution is 2.51. The van der Waals surface area contributed by atoms with Crippen molar-refractivity contribution in [1.29, 1.82) is 0 Å². The zero-order valence-corrected chi connectivity index (χ0v) is 15.5. The largest absolute Gasteiger partial charge is 0.205 e. The molecule has 11 heteroatoms. The number of pyridine rings is 1. The summed E-state index contributed by atoms with van der Waals surface area (Å²) in [6.07, 6.45) is 0.479. The molecule has 3 rings (SSSR count). The van der Waals surface area contributed by atoms with Crippen molar-refractivity contribution < 1.29 is 4.57 Å². The van der Waals surface area contributed by atoms with Crippen LogP contribution < -0.4 is 4.57 Å². The number of aromatic nitrogens is 1. The summed E-state index contributed by atoms with van der Waals surface area (Å²) in [7, 11) is 32.0. The van der Waals surface area contributed by atoms with Crippen LogP contribution in [0.25, 0.3) is 11.1 Å². The van der Waals surface area contributed by atoms with Gasteiger partial charge in [-0.3, -0.25) is 0 Å². The minimum absolute atomic E-state index is 0.108. The van der Waals surface area contributed by atoms with Crippen LogP contribution in [0.5, 0.6) is 0 Å². The lowest BCUT2D eigenvalue weighted by Crippen LogP contribution is -2.64. The Kier molecular flexibility index (Phi) is 6.04. The molecule has 0 amide bonds. The average molecular weight is 318 g/mol. The topological polar surface area (TPSA) is 3.88 Å². The van der Waals surface area contributed by atoms with Gasteiger partial charge in [0.05, 0.1) is 0 Å². The van der Waals surface area contributed by atoms with Crippen molar-refractivity contribution >= 4 is 70.8 Å². The molecular formula is C15H16B10N+. The van der Waals surface area contributed by atoms with Crippen LogP contribution in [0, 0.1) is 0 Å². The van der Waals surface area contributed by atoms with E-state index in [1.165, 1.54) is 16.8 Å². The van der Waals surface area contributed by atoms with Gasteiger partial charge in [-0.2, -0.15) is 0 Å². The van der Waals surface area contributed by atoms with Crippen molar-refractivity contribution in [3.63, 3.8) is 0 Å². The summed E-state index contributed by atoms with van der Waals surface area (Å²) in [4.78, 5) is 0. The number of aryl methyl sites for hydroxylation is 1. The van der Waals surface area contributed by atoms with Crippen LogP contribution in [0.4, 0.5) is 0 Å². The summed E-state index contributed by atoms with van der Waals surface area (Å²) >= 11 is 0. The molecule has 0 aliphatic carbocycles. The van der Waals surface area contributed by atoms with Crippen molar-refractivity contribution in [2.45, 2.75) is 18.6 Å². The predicted octanol–water partition coefficient (Wildman–Crippen LogP) is -0.682. The highest BCUT2D eigenvalue weighted by molar-refractivity contribution is 8.01. The third-order valence-corrected chi connectivity index (χ3v) is 5.85. The van der Waals surface area contributed by atoms with E-state index < -0.39 is 19.2 Å². The lowest BCUT2D eigenvalue weighted by atomic mass is 8.57. The molecule has 10 radical (unpaired) electrons. The summed E-state index contributed by atoms with van der Waals surface area (Å²) in [6.45, 7) is 2.50. The average Bonchev–Trinajstić information content (AvgIpc) is 3.25. The Hall–Kier alpha value is -0.981. The van der Waals surface area contributed by atoms with Crippen LogP contribution in [0.15, 0.2) is 48.7 Å². The molecule has 0 spiro atoms. The van der Waals surface area contributed by atoms with E-state index >= 15 is 0 Å². The number of hydrogen-bond donors (Lipinski definition) is 0. The molecule has 26 heavy (non-hydrogen) atoms. The van der Waals surface area contributed by atoms with Gasteiger partial charge >= 0.3 is 0 Å². The van der Waals surface area contributed by atoms with Crippen molar-refractivity contribution in [2.24, 2.45) is 7.05 Å². The maximum Gasteiger partial charge on any atom is 0.176 e. The first-order valence-electron chi connectivity index (χ1n) is 9.16. The zero-order valence-electron chi connectivity index (χ0n) is 15.5. The van der Waals surface area contributed by atoms with Crippen molar-refractivity contribution in [3.8, 4) is 11.1 Å². The van der Waals surface area contributed by atoms with Gasteiger partial charge in [0.1, 0.15) is 13.7 Å². The van der Waals surface area contributed by atoms with E-state index in [4.69, 9.17) is 38.7 Å². The highest BCUT2D eigenvalue weighted by Gasteiger charge is 2.59. The van der Waals surface area contributed by atoms with E-state index in [-0.39, 0.29) is 13.0 Å². The van der Waals surface area contributed by atoms with E-state index in [0.29, 0.717) is 11.6 Å². The molecule has 0 saturated carbocycles. The van der Waals surface area contributed by atoms with Gasteiger partial charge in [0.25, 0.3) is 0 Å². The number of rotatable bonds is 6. The second-order valence-corrected chi connectivity index (χ2v) is 7.59. The lowest BCUT2D eigenvalue weighted by Gasteiger charge is -2.25. The number of nitrogens with zero attached hydrogens (tertiary/aromatic N) is 1. The summed E-state index contributed by atoms with van der Waals surface area (Å²) in [5, 5.41) is 0. The minimum Gasteiger partial charge on any atom is -0.205 e. The van der Waals surface area contributed by atoms with Crippen LogP contribution in [0.1, 0.15) is 18.4 Å². The molecule has 2 aromatic rings. The fourth-order valence-corrected chi connectivity index (χ4v) is 4.34. The Morgan fingerprint density at radius 1 is 0.885 bits per heavy atom. The fourth-order valence-electron chi connectivity index (χ4n) is 4.34. The molecule has 2 atom stereocenters. The maximum atomic E-state index is 6.23. The quantitative estimate of drug-likeness (QED) is 0.491. The molecule has 2 heterocycles. The van der Waals surface area contributed by atoms with Crippen molar-refractivity contribution in [2.75, 3.05) is 0 Å². The Morgan fingerprint density at radius 3 is 2.08 bits per heavy atom. The van der Waals surface area contributed by atoms with E-state index in [1.54, 1.807) is 0 Å². The third kappa shape index (κ3) is 3.82. The molecule has 0 N–H and O–H groups in total. The smallest absolute Gasteiger partial charge is 0.176 e. The van der Waals surface area contributed by atoms with Gasteiger partial charge in [-0.25, -0.2) is 4.57 Å². The summed E-state index contributed by atoms with van der Waals surface area (Å²) in [6, 6.07) is 14.7. The molecule has 110 valence electrons. The SMILES string of the molecule is [B]B([B])B([B])B(B([B])[B])B1C(c2ccc(-c3ccccc3)c[n+]2C)[C@@H]1C. The second-order valence-electron chi connectivity index (χ2n) is 7.59. The Bertz CT molecular complexity index is 755. The Balaban J connectivity index is 1.86. The van der Waals surface area contributed by atoms with Gasteiger partial charge in [-0.15, -0.1) is 0 Å². The van der Waals surface area contributed by atoms with Crippen molar-refractivity contribution in [3.05, 3.63) is 54.4 Å². The molecule has 1 aliphatic heterocycles. The summed E-state index contributed by atoms with van der Waals surface area (Å²) in [5.41, 5.74) is 3.65. The summed E-state index contributed by atoms with van der Waals surface area (Å²) in [5.74, 6) is 0.794. The van der Waals surface area contributed by atoms with Crippen molar-refractivity contribution in [1.82, 2.24) is 0 Å². The molecule has 1 aromatic heterocycles. The third-order valence-electron chi connectivity index (χ3n) is 5.85. The molecule has 1 unspecified atom stereocenters. The van der Waals surface area contributed by atoms with E-state index in [1.807, 2.05) is 18.2 Å². The van der Waals surface area contributed by atoms with Crippen LogP contribution >= 0.6 is 0 Å². The van der Waals surface area contributed by atoms with Gasteiger partial charge in [-0.1, -0.05) is 43.1 Å². The molecule has 1 saturated heterocycles. The summed E-state index contributed by atoms with van der Waals surface area (Å²) < 4.78 is 2.19. The van der Waals surface area contributed by atoms with Gasteiger partial charge in [-0.05, 0) is 11.6 Å². The van der Waals surface area contributed by atoms with Gasteiger partial charge in [0.2, 0.25) is 0 Å². The van der Waals surface area contributed by atoms with Crippen LogP contribution in [-0.2, 0) is 7.05 Å². The van der Waals surface area contributed by atoms with E-state index in [0.717, 1.165) is 0 Å². The van der Waals surface area contributed by atoms with Gasteiger partial charge in [0, 0.05) is 81.7 Å². The number of benzene rings is 1. The molecule has 1 aromatic carbocycles.